The average Bonchev–Trinajstić information content (AvgIpc) is 2.38. The van der Waals surface area contributed by atoms with Gasteiger partial charge in [-0.1, -0.05) is 24.3 Å². The van der Waals surface area contributed by atoms with Crippen molar-refractivity contribution in [2.75, 3.05) is 17.7 Å². The van der Waals surface area contributed by atoms with Crippen LogP contribution in [-0.2, 0) is 6.54 Å². The number of benzene rings is 2. The summed E-state index contributed by atoms with van der Waals surface area (Å²) < 4.78 is 0. The Bertz CT molecular complexity index is 638. The second-order valence-electron chi connectivity index (χ2n) is 4.88. The molecular weight excluding hydrogens is 252 g/mol. The Hall–Kier alpha value is -2.49. The lowest BCUT2D eigenvalue weighted by atomic mass is 10.0. The Balaban J connectivity index is 2.30. The SMILES string of the molecule is Cc1cccc(N(C)Cc2cccc(N)c2C(=O)O)c1. The van der Waals surface area contributed by atoms with Crippen LogP contribution >= 0.6 is 0 Å². The van der Waals surface area contributed by atoms with Crippen LogP contribution in [0.1, 0.15) is 21.5 Å². The second-order valence-corrected chi connectivity index (χ2v) is 4.88. The standard InChI is InChI=1S/C16H18N2O2/c1-11-5-3-7-13(9-11)18(2)10-12-6-4-8-14(17)15(12)16(19)20/h3-9H,10,17H2,1-2H3,(H,19,20). The van der Waals surface area contributed by atoms with Crippen LogP contribution in [-0.4, -0.2) is 18.1 Å². The maximum atomic E-state index is 11.3. The third kappa shape index (κ3) is 2.91. The maximum absolute atomic E-state index is 11.3. The van der Waals surface area contributed by atoms with E-state index >= 15 is 0 Å². The molecule has 20 heavy (non-hydrogen) atoms. The van der Waals surface area contributed by atoms with Gasteiger partial charge in [-0.15, -0.1) is 0 Å². The summed E-state index contributed by atoms with van der Waals surface area (Å²) in [7, 11) is 1.93. The van der Waals surface area contributed by atoms with Crippen molar-refractivity contribution in [3.63, 3.8) is 0 Å². The highest BCUT2D eigenvalue weighted by Gasteiger charge is 2.15. The molecule has 0 aliphatic carbocycles. The maximum Gasteiger partial charge on any atom is 0.338 e. The van der Waals surface area contributed by atoms with E-state index in [4.69, 9.17) is 5.73 Å². The summed E-state index contributed by atoms with van der Waals surface area (Å²) in [4.78, 5) is 13.3. The first-order valence-corrected chi connectivity index (χ1v) is 6.37. The summed E-state index contributed by atoms with van der Waals surface area (Å²) in [6, 6.07) is 13.3. The zero-order valence-corrected chi connectivity index (χ0v) is 11.6. The molecule has 0 bridgehead atoms. The number of aromatic carboxylic acids is 1. The van der Waals surface area contributed by atoms with Gasteiger partial charge < -0.3 is 15.7 Å². The van der Waals surface area contributed by atoms with E-state index in [1.165, 1.54) is 5.56 Å². The minimum atomic E-state index is -0.990. The Kier molecular flexibility index (Phi) is 3.94. The van der Waals surface area contributed by atoms with Crippen molar-refractivity contribution < 1.29 is 9.90 Å². The quantitative estimate of drug-likeness (QED) is 0.838. The van der Waals surface area contributed by atoms with Gasteiger partial charge in [-0.25, -0.2) is 4.79 Å². The number of aryl methyl sites for hydroxylation is 1. The molecule has 0 saturated heterocycles. The number of nitrogen functional groups attached to an aromatic ring is 1. The van der Waals surface area contributed by atoms with Gasteiger partial charge in [0, 0.05) is 25.0 Å². The Morgan fingerprint density at radius 1 is 1.25 bits per heavy atom. The van der Waals surface area contributed by atoms with Crippen LogP contribution in [0.25, 0.3) is 0 Å². The molecule has 0 amide bonds. The predicted molar refractivity (Wildman–Crippen MR) is 81.1 cm³/mol. The highest BCUT2D eigenvalue weighted by molar-refractivity contribution is 5.95. The fourth-order valence-corrected chi connectivity index (χ4v) is 2.22. The molecular formula is C16H18N2O2. The highest BCUT2D eigenvalue weighted by Crippen LogP contribution is 2.22. The molecule has 0 unspecified atom stereocenters. The van der Waals surface area contributed by atoms with Crippen molar-refractivity contribution in [2.45, 2.75) is 13.5 Å². The number of nitrogens with two attached hydrogens (primary N) is 1. The van der Waals surface area contributed by atoms with Crippen LogP contribution in [0.5, 0.6) is 0 Å². The Labute approximate surface area is 118 Å². The van der Waals surface area contributed by atoms with Gasteiger partial charge in [0.05, 0.1) is 5.56 Å². The summed E-state index contributed by atoms with van der Waals surface area (Å²) in [5.74, 6) is -0.990. The van der Waals surface area contributed by atoms with Crippen molar-refractivity contribution in [3.05, 3.63) is 59.2 Å². The normalized spacial score (nSPS) is 10.3. The lowest BCUT2D eigenvalue weighted by Gasteiger charge is -2.21. The van der Waals surface area contributed by atoms with Crippen molar-refractivity contribution >= 4 is 17.3 Å². The lowest BCUT2D eigenvalue weighted by molar-refractivity contribution is 0.0697. The molecule has 0 fully saturated rings. The van der Waals surface area contributed by atoms with E-state index < -0.39 is 5.97 Å². The largest absolute Gasteiger partial charge is 0.478 e. The van der Waals surface area contributed by atoms with Crippen LogP contribution in [0.4, 0.5) is 11.4 Å². The molecule has 0 aliphatic rings. The van der Waals surface area contributed by atoms with Gasteiger partial charge in [-0.2, -0.15) is 0 Å². The molecule has 4 nitrogen and oxygen atoms in total. The minimum absolute atomic E-state index is 0.187. The first-order valence-electron chi connectivity index (χ1n) is 6.37. The second kappa shape index (κ2) is 5.65. The molecule has 0 heterocycles. The number of hydrogen-bond acceptors (Lipinski definition) is 3. The van der Waals surface area contributed by atoms with E-state index in [0.29, 0.717) is 17.8 Å². The molecule has 2 aromatic carbocycles. The first kappa shape index (κ1) is 13.9. The van der Waals surface area contributed by atoms with Gasteiger partial charge in [0.2, 0.25) is 0 Å². The minimum Gasteiger partial charge on any atom is -0.478 e. The monoisotopic (exact) mass is 270 g/mol. The molecule has 4 heteroatoms. The van der Waals surface area contributed by atoms with Gasteiger partial charge in [-0.05, 0) is 36.2 Å². The van der Waals surface area contributed by atoms with Gasteiger partial charge >= 0.3 is 5.97 Å². The number of carbonyl (C=O) groups is 1. The molecule has 0 atom stereocenters. The molecule has 0 aliphatic heterocycles. The molecule has 0 aromatic heterocycles. The number of rotatable bonds is 4. The van der Waals surface area contributed by atoms with Crippen LogP contribution in [0.15, 0.2) is 42.5 Å². The van der Waals surface area contributed by atoms with Gasteiger partial charge in [0.25, 0.3) is 0 Å². The van der Waals surface area contributed by atoms with Crippen molar-refractivity contribution in [3.8, 4) is 0 Å². The fraction of sp³-hybridized carbons (Fsp3) is 0.188. The third-order valence-corrected chi connectivity index (χ3v) is 3.25. The van der Waals surface area contributed by atoms with E-state index in [2.05, 4.69) is 6.07 Å². The van der Waals surface area contributed by atoms with E-state index in [1.54, 1.807) is 18.2 Å². The van der Waals surface area contributed by atoms with Gasteiger partial charge in [0.15, 0.2) is 0 Å². The summed E-state index contributed by atoms with van der Waals surface area (Å²) in [6.45, 7) is 2.52. The van der Waals surface area contributed by atoms with Crippen molar-refractivity contribution in [1.29, 1.82) is 0 Å². The van der Waals surface area contributed by atoms with Crippen molar-refractivity contribution in [1.82, 2.24) is 0 Å². The van der Waals surface area contributed by atoms with Crippen LogP contribution in [0.3, 0.4) is 0 Å². The summed E-state index contributed by atoms with van der Waals surface area (Å²) in [5.41, 5.74) is 9.17. The summed E-state index contributed by atoms with van der Waals surface area (Å²) >= 11 is 0. The van der Waals surface area contributed by atoms with E-state index in [1.807, 2.05) is 37.1 Å². The lowest BCUT2D eigenvalue weighted by Crippen LogP contribution is -2.19. The number of anilines is 2. The van der Waals surface area contributed by atoms with Gasteiger partial charge in [0.1, 0.15) is 0 Å². The van der Waals surface area contributed by atoms with E-state index in [-0.39, 0.29) is 5.56 Å². The fourth-order valence-electron chi connectivity index (χ4n) is 2.22. The molecule has 0 radical (unpaired) electrons. The first-order chi connectivity index (χ1) is 9.49. The number of carboxylic acids is 1. The molecule has 3 N–H and O–H groups in total. The molecule has 0 spiro atoms. The highest BCUT2D eigenvalue weighted by atomic mass is 16.4. The predicted octanol–water partition coefficient (Wildman–Crippen LogP) is 2.91. The molecule has 2 aromatic rings. The molecule has 2 rings (SSSR count). The van der Waals surface area contributed by atoms with Crippen LogP contribution < -0.4 is 10.6 Å². The van der Waals surface area contributed by atoms with E-state index in [9.17, 15) is 9.90 Å². The smallest absolute Gasteiger partial charge is 0.338 e. The molecule has 104 valence electrons. The topological polar surface area (TPSA) is 66.6 Å². The third-order valence-electron chi connectivity index (χ3n) is 3.25. The summed E-state index contributed by atoms with van der Waals surface area (Å²) in [5, 5.41) is 9.28. The number of carboxylic acid groups (broad SMARTS) is 1. The van der Waals surface area contributed by atoms with Crippen molar-refractivity contribution in [2.24, 2.45) is 0 Å². The van der Waals surface area contributed by atoms with Crippen LogP contribution in [0, 0.1) is 6.92 Å². The number of hydrogen-bond donors (Lipinski definition) is 2. The summed E-state index contributed by atoms with van der Waals surface area (Å²) in [6.07, 6.45) is 0. The Morgan fingerprint density at radius 2 is 1.95 bits per heavy atom. The average molecular weight is 270 g/mol. The zero-order chi connectivity index (χ0) is 14.7. The van der Waals surface area contributed by atoms with Crippen LogP contribution in [0.2, 0.25) is 0 Å². The number of nitrogens with zero attached hydrogens (tertiary/aromatic N) is 1. The zero-order valence-electron chi connectivity index (χ0n) is 11.6. The Morgan fingerprint density at radius 3 is 2.60 bits per heavy atom. The van der Waals surface area contributed by atoms with E-state index in [0.717, 1.165) is 5.69 Å². The molecule has 0 saturated carbocycles. The van der Waals surface area contributed by atoms with Gasteiger partial charge in [-0.3, -0.25) is 0 Å².